The van der Waals surface area contributed by atoms with E-state index in [1.165, 1.54) is 5.56 Å². The predicted octanol–water partition coefficient (Wildman–Crippen LogP) is 0.580. The van der Waals surface area contributed by atoms with Gasteiger partial charge in [-0.25, -0.2) is 4.79 Å². The van der Waals surface area contributed by atoms with Gasteiger partial charge in [0.2, 0.25) is 5.91 Å². The van der Waals surface area contributed by atoms with Crippen LogP contribution >= 0.6 is 0 Å². The van der Waals surface area contributed by atoms with Gasteiger partial charge in [0.1, 0.15) is 12.6 Å². The van der Waals surface area contributed by atoms with Crippen molar-refractivity contribution in [2.75, 3.05) is 32.8 Å². The molecule has 2 saturated heterocycles. The number of rotatable bonds is 7. The van der Waals surface area contributed by atoms with Crippen molar-refractivity contribution in [3.63, 3.8) is 0 Å². The minimum absolute atomic E-state index is 0.0178. The Morgan fingerprint density at radius 2 is 2.04 bits per heavy atom. The molecule has 0 saturated carbocycles. The minimum atomic E-state index is -0.562. The first-order chi connectivity index (χ1) is 13.4. The zero-order chi connectivity index (χ0) is 20.1. The smallest absolute Gasteiger partial charge is 0.325 e. The normalized spacial score (nSPS) is 23.2. The van der Waals surface area contributed by atoms with Gasteiger partial charge in [0.05, 0.1) is 12.7 Å². The fourth-order valence-corrected chi connectivity index (χ4v) is 3.46. The van der Waals surface area contributed by atoms with Crippen LogP contribution in [0.3, 0.4) is 0 Å². The fraction of sp³-hybridized carbons (Fsp3) is 0.550. The summed E-state index contributed by atoms with van der Waals surface area (Å²) in [6, 6.07) is 9.15. The molecule has 8 nitrogen and oxygen atoms in total. The molecule has 0 spiro atoms. The van der Waals surface area contributed by atoms with Crippen molar-refractivity contribution in [3.05, 3.63) is 35.9 Å². The van der Waals surface area contributed by atoms with Crippen LogP contribution in [-0.4, -0.2) is 72.6 Å². The van der Waals surface area contributed by atoms with Crippen molar-refractivity contribution in [1.29, 1.82) is 0 Å². The first-order valence-corrected chi connectivity index (χ1v) is 9.70. The third kappa shape index (κ3) is 5.08. The molecule has 152 valence electrons. The van der Waals surface area contributed by atoms with Crippen LogP contribution in [0.2, 0.25) is 0 Å². The molecule has 2 N–H and O–H groups in total. The Kier molecular flexibility index (Phi) is 6.64. The standard InChI is InChI=1S/C20H28N4O4/c1-14(2)18-19(26)24(20(27)22-18)13-17(25)21-10-16-12-23(8-9-28-16)11-15-6-4-3-5-7-15/h3-7,14,16,18H,8-13H2,1-2H3,(H,21,25)(H,22,27). The van der Waals surface area contributed by atoms with E-state index >= 15 is 0 Å². The van der Waals surface area contributed by atoms with Gasteiger partial charge in [-0.3, -0.25) is 19.4 Å². The van der Waals surface area contributed by atoms with Crippen molar-refractivity contribution in [2.24, 2.45) is 5.92 Å². The van der Waals surface area contributed by atoms with Gasteiger partial charge >= 0.3 is 6.03 Å². The summed E-state index contributed by atoms with van der Waals surface area (Å²) in [5.41, 5.74) is 1.24. The Labute approximate surface area is 165 Å². The van der Waals surface area contributed by atoms with Crippen molar-refractivity contribution in [3.8, 4) is 0 Å². The number of benzene rings is 1. The number of carbonyl (C=O) groups is 3. The highest BCUT2D eigenvalue weighted by atomic mass is 16.5. The molecule has 2 atom stereocenters. The molecule has 28 heavy (non-hydrogen) atoms. The number of ether oxygens (including phenoxy) is 1. The van der Waals surface area contributed by atoms with E-state index in [9.17, 15) is 14.4 Å². The Hall–Kier alpha value is -2.45. The lowest BCUT2D eigenvalue weighted by atomic mass is 10.1. The first-order valence-electron chi connectivity index (χ1n) is 9.70. The number of carbonyl (C=O) groups excluding carboxylic acids is 3. The summed E-state index contributed by atoms with van der Waals surface area (Å²) in [5, 5.41) is 5.40. The Morgan fingerprint density at radius 3 is 2.71 bits per heavy atom. The van der Waals surface area contributed by atoms with Gasteiger partial charge in [0.25, 0.3) is 5.91 Å². The van der Waals surface area contributed by atoms with Gasteiger partial charge in [-0.15, -0.1) is 0 Å². The van der Waals surface area contributed by atoms with Crippen LogP contribution in [0, 0.1) is 5.92 Å². The largest absolute Gasteiger partial charge is 0.374 e. The summed E-state index contributed by atoms with van der Waals surface area (Å²) in [4.78, 5) is 39.7. The van der Waals surface area contributed by atoms with E-state index in [0.29, 0.717) is 19.7 Å². The van der Waals surface area contributed by atoms with Crippen molar-refractivity contribution >= 4 is 17.8 Å². The van der Waals surface area contributed by atoms with Crippen LogP contribution in [0.4, 0.5) is 4.79 Å². The molecule has 2 heterocycles. The molecule has 8 heteroatoms. The SMILES string of the molecule is CC(C)C1NC(=O)N(CC(=O)NCC2CN(Cc3ccccc3)CCO2)C1=O. The Bertz CT molecular complexity index is 709. The van der Waals surface area contributed by atoms with E-state index < -0.39 is 12.1 Å². The van der Waals surface area contributed by atoms with Crippen molar-refractivity contribution in [2.45, 2.75) is 32.5 Å². The van der Waals surface area contributed by atoms with Gasteiger partial charge in [0.15, 0.2) is 0 Å². The molecule has 2 unspecified atom stereocenters. The van der Waals surface area contributed by atoms with Crippen LogP contribution in [0.5, 0.6) is 0 Å². The van der Waals surface area contributed by atoms with Crippen LogP contribution in [0.15, 0.2) is 30.3 Å². The average molecular weight is 388 g/mol. The highest BCUT2D eigenvalue weighted by Crippen LogP contribution is 2.13. The zero-order valence-electron chi connectivity index (χ0n) is 16.4. The zero-order valence-corrected chi connectivity index (χ0v) is 16.4. The van der Waals surface area contributed by atoms with Crippen LogP contribution in [0.25, 0.3) is 0 Å². The van der Waals surface area contributed by atoms with Crippen LogP contribution < -0.4 is 10.6 Å². The molecule has 0 aromatic heterocycles. The fourth-order valence-electron chi connectivity index (χ4n) is 3.46. The first kappa shape index (κ1) is 20.3. The van der Waals surface area contributed by atoms with Gasteiger partial charge in [-0.2, -0.15) is 0 Å². The Morgan fingerprint density at radius 1 is 1.29 bits per heavy atom. The number of imide groups is 1. The van der Waals surface area contributed by atoms with Gasteiger partial charge in [-0.1, -0.05) is 44.2 Å². The van der Waals surface area contributed by atoms with Gasteiger partial charge in [-0.05, 0) is 11.5 Å². The molecule has 0 bridgehead atoms. The van der Waals surface area contributed by atoms with E-state index in [-0.39, 0.29) is 30.4 Å². The summed E-state index contributed by atoms with van der Waals surface area (Å²) < 4.78 is 5.74. The molecule has 2 aliphatic heterocycles. The second-order valence-corrected chi connectivity index (χ2v) is 7.61. The second-order valence-electron chi connectivity index (χ2n) is 7.61. The van der Waals surface area contributed by atoms with Crippen molar-refractivity contribution < 1.29 is 19.1 Å². The lowest BCUT2D eigenvalue weighted by molar-refractivity contribution is -0.133. The summed E-state index contributed by atoms with van der Waals surface area (Å²) in [5.74, 6) is -0.731. The predicted molar refractivity (Wildman–Crippen MR) is 103 cm³/mol. The summed E-state index contributed by atoms with van der Waals surface area (Å²) in [6.45, 7) is 6.80. The van der Waals surface area contributed by atoms with Crippen LogP contribution in [-0.2, 0) is 20.9 Å². The van der Waals surface area contributed by atoms with Crippen LogP contribution in [0.1, 0.15) is 19.4 Å². The lowest BCUT2D eigenvalue weighted by Gasteiger charge is -2.33. The number of hydrogen-bond donors (Lipinski definition) is 2. The van der Waals surface area contributed by atoms with Gasteiger partial charge in [0, 0.05) is 26.2 Å². The van der Waals surface area contributed by atoms with Gasteiger partial charge < -0.3 is 15.4 Å². The monoisotopic (exact) mass is 388 g/mol. The van der Waals surface area contributed by atoms with E-state index in [0.717, 1.165) is 18.0 Å². The molecule has 1 aromatic rings. The molecular formula is C20H28N4O4. The maximum absolute atomic E-state index is 12.2. The maximum Gasteiger partial charge on any atom is 0.325 e. The maximum atomic E-state index is 12.2. The number of hydrogen-bond acceptors (Lipinski definition) is 5. The van der Waals surface area contributed by atoms with Crippen molar-refractivity contribution in [1.82, 2.24) is 20.4 Å². The average Bonchev–Trinajstić information content (AvgIpc) is 2.96. The minimum Gasteiger partial charge on any atom is -0.374 e. The summed E-state index contributed by atoms with van der Waals surface area (Å²) in [7, 11) is 0. The van der Waals surface area contributed by atoms with E-state index in [1.54, 1.807) is 0 Å². The topological polar surface area (TPSA) is 91.0 Å². The number of urea groups is 1. The number of nitrogens with zero attached hydrogens (tertiary/aromatic N) is 2. The van der Waals surface area contributed by atoms with E-state index in [4.69, 9.17) is 4.74 Å². The molecule has 4 amide bonds. The lowest BCUT2D eigenvalue weighted by Crippen LogP contribution is -2.49. The molecule has 3 rings (SSSR count). The van der Waals surface area contributed by atoms with E-state index in [2.05, 4.69) is 27.7 Å². The third-order valence-electron chi connectivity index (χ3n) is 5.02. The molecule has 1 aromatic carbocycles. The quantitative estimate of drug-likeness (QED) is 0.667. The summed E-state index contributed by atoms with van der Waals surface area (Å²) in [6.07, 6.45) is -0.118. The second kappa shape index (κ2) is 9.16. The molecule has 0 radical (unpaired) electrons. The number of amides is 4. The third-order valence-corrected chi connectivity index (χ3v) is 5.02. The number of morpholine rings is 1. The van der Waals surface area contributed by atoms with E-state index in [1.807, 2.05) is 32.0 Å². The molecular weight excluding hydrogens is 360 g/mol. The molecule has 2 fully saturated rings. The molecule has 0 aliphatic carbocycles. The summed E-state index contributed by atoms with van der Waals surface area (Å²) >= 11 is 0. The highest BCUT2D eigenvalue weighted by Gasteiger charge is 2.40. The Balaban J connectivity index is 1.44. The number of nitrogens with one attached hydrogen (secondary N) is 2. The molecule has 2 aliphatic rings. The highest BCUT2D eigenvalue weighted by molar-refractivity contribution is 6.06.